The van der Waals surface area contributed by atoms with Crippen molar-refractivity contribution >= 4 is 27.7 Å². The summed E-state index contributed by atoms with van der Waals surface area (Å²) in [7, 11) is -2.42. The first-order chi connectivity index (χ1) is 10.5. The highest BCUT2D eigenvalue weighted by Crippen LogP contribution is 2.09. The molecule has 0 unspecified atom stereocenters. The summed E-state index contributed by atoms with van der Waals surface area (Å²) in [6.07, 6.45) is 0.328. The van der Waals surface area contributed by atoms with Crippen LogP contribution in [-0.4, -0.2) is 61.5 Å². The summed E-state index contributed by atoms with van der Waals surface area (Å²) in [5, 5.41) is 9.93. The van der Waals surface area contributed by atoms with Crippen molar-refractivity contribution < 1.29 is 22.8 Å². The molecular weight excluding hydrogens is 336 g/mol. The number of nitrogens with one attached hydrogen (secondary N) is 2. The molecule has 0 radical (unpaired) electrons. The average molecular weight is 364 g/mol. The number of sulfonamides is 1. The van der Waals surface area contributed by atoms with Gasteiger partial charge in [0.1, 0.15) is 5.75 Å². The van der Waals surface area contributed by atoms with Gasteiger partial charge >= 0.3 is 11.8 Å². The number of primary sulfonamides is 1. The molecule has 0 rings (SSSR count). The number of carbonyl (C=O) groups excluding carboxylic acids is 3. The van der Waals surface area contributed by atoms with Crippen LogP contribution in [0, 0.1) is 0 Å². The lowest BCUT2D eigenvalue weighted by Gasteiger charge is -2.29. The van der Waals surface area contributed by atoms with E-state index in [0.717, 1.165) is 0 Å². The highest BCUT2D eigenvalue weighted by molar-refractivity contribution is 7.89. The third kappa shape index (κ3) is 10.2. The molecule has 0 aliphatic carbocycles. The molecule has 3 amide bonds. The van der Waals surface area contributed by atoms with Gasteiger partial charge in [0.05, 0.1) is 0 Å². The largest absolute Gasteiger partial charge is 0.350 e. The average Bonchev–Trinajstić information content (AvgIpc) is 2.29. The molecule has 0 aromatic heterocycles. The molecule has 0 atom stereocenters. The van der Waals surface area contributed by atoms with Crippen LogP contribution in [0.25, 0.3) is 0 Å². The van der Waals surface area contributed by atoms with Crippen molar-refractivity contribution in [3.63, 3.8) is 0 Å². The van der Waals surface area contributed by atoms with Crippen LogP contribution in [0.4, 0.5) is 0 Å². The van der Waals surface area contributed by atoms with Crippen LogP contribution in [0.5, 0.6) is 0 Å². The molecule has 0 aliphatic heterocycles. The minimum absolute atomic E-state index is 0.207. The number of amides is 3. The fourth-order valence-corrected chi connectivity index (χ4v) is 2.21. The van der Waals surface area contributed by atoms with E-state index in [4.69, 9.17) is 5.14 Å². The van der Waals surface area contributed by atoms with Crippen LogP contribution >= 0.6 is 0 Å². The third-order valence-electron chi connectivity index (χ3n) is 2.91. The molecule has 0 aromatic carbocycles. The zero-order valence-electron chi connectivity index (χ0n) is 15.1. The first-order valence-corrected chi connectivity index (χ1v) is 9.13. The lowest BCUT2D eigenvalue weighted by molar-refractivity contribution is -0.145. The number of rotatable bonds is 6. The van der Waals surface area contributed by atoms with Crippen LogP contribution in [-0.2, 0) is 24.4 Å². The van der Waals surface area contributed by atoms with Gasteiger partial charge in [-0.1, -0.05) is 0 Å². The van der Waals surface area contributed by atoms with Crippen LogP contribution in [0.2, 0.25) is 0 Å². The van der Waals surface area contributed by atoms with Crippen molar-refractivity contribution in [2.24, 2.45) is 5.14 Å². The summed E-state index contributed by atoms with van der Waals surface area (Å²) in [6, 6.07) is 0. The molecular formula is C14H28N4O5S. The second-order valence-electron chi connectivity index (χ2n) is 7.42. The number of carbonyl (C=O) groups is 3. The molecule has 0 heterocycles. The summed E-state index contributed by atoms with van der Waals surface area (Å²) in [4.78, 5) is 36.6. The van der Waals surface area contributed by atoms with Crippen molar-refractivity contribution in [3.8, 4) is 0 Å². The topological polar surface area (TPSA) is 139 Å². The van der Waals surface area contributed by atoms with E-state index in [1.165, 1.54) is 11.9 Å². The Morgan fingerprint density at radius 1 is 1.04 bits per heavy atom. The maximum atomic E-state index is 12.0. The highest BCUT2D eigenvalue weighted by atomic mass is 32.2. The summed E-state index contributed by atoms with van der Waals surface area (Å²) in [5.41, 5.74) is -1.29. The van der Waals surface area contributed by atoms with Gasteiger partial charge in [-0.25, -0.2) is 13.6 Å². The van der Waals surface area contributed by atoms with E-state index >= 15 is 0 Å². The van der Waals surface area contributed by atoms with Gasteiger partial charge in [0.2, 0.25) is 15.9 Å². The van der Waals surface area contributed by atoms with Gasteiger partial charge in [0.15, 0.2) is 0 Å². The monoisotopic (exact) mass is 364 g/mol. The summed E-state index contributed by atoms with van der Waals surface area (Å²) < 4.78 is 21.8. The molecule has 0 fully saturated rings. The predicted molar refractivity (Wildman–Crippen MR) is 90.3 cm³/mol. The van der Waals surface area contributed by atoms with Gasteiger partial charge in [-0.05, 0) is 41.0 Å². The van der Waals surface area contributed by atoms with Gasteiger partial charge in [-0.15, -0.1) is 0 Å². The van der Waals surface area contributed by atoms with E-state index in [-0.39, 0.29) is 6.54 Å². The quantitative estimate of drug-likeness (QED) is 0.515. The van der Waals surface area contributed by atoms with Gasteiger partial charge in [-0.3, -0.25) is 14.4 Å². The van der Waals surface area contributed by atoms with Gasteiger partial charge in [-0.2, -0.15) is 0 Å². The van der Waals surface area contributed by atoms with Crippen molar-refractivity contribution in [2.45, 2.75) is 52.1 Å². The molecule has 0 spiro atoms. The molecule has 0 bridgehead atoms. The van der Waals surface area contributed by atoms with E-state index < -0.39 is 44.6 Å². The van der Waals surface area contributed by atoms with Gasteiger partial charge in [0, 0.05) is 24.7 Å². The second kappa shape index (κ2) is 7.93. The molecule has 24 heavy (non-hydrogen) atoms. The summed E-state index contributed by atoms with van der Waals surface area (Å²) >= 11 is 0. The van der Waals surface area contributed by atoms with E-state index in [9.17, 15) is 22.8 Å². The minimum atomic E-state index is -3.90. The number of nitrogens with zero attached hydrogens (tertiary/aromatic N) is 1. The number of hydrogen-bond donors (Lipinski definition) is 3. The lowest BCUT2D eigenvalue weighted by atomic mass is 10.0. The molecule has 140 valence electrons. The van der Waals surface area contributed by atoms with Gasteiger partial charge in [0.25, 0.3) is 0 Å². The Labute approximate surface area is 143 Å². The zero-order valence-corrected chi connectivity index (χ0v) is 15.9. The number of nitrogens with two attached hydrogens (primary N) is 1. The Morgan fingerprint density at radius 2 is 1.54 bits per heavy atom. The molecule has 4 N–H and O–H groups in total. The first-order valence-electron chi connectivity index (χ1n) is 7.41. The molecule has 0 saturated carbocycles. The van der Waals surface area contributed by atoms with Crippen LogP contribution in [0.1, 0.15) is 41.0 Å². The Balaban J connectivity index is 4.56. The Morgan fingerprint density at radius 3 is 1.96 bits per heavy atom. The number of likely N-dealkylation sites (N-methyl/N-ethyl adjacent to an activating group) is 1. The molecule has 10 heteroatoms. The smallest absolute Gasteiger partial charge is 0.311 e. The second-order valence-corrected chi connectivity index (χ2v) is 9.03. The first kappa shape index (κ1) is 22.3. The van der Waals surface area contributed by atoms with Crippen molar-refractivity contribution in [3.05, 3.63) is 0 Å². The summed E-state index contributed by atoms with van der Waals surface area (Å²) in [6.45, 7) is 8.87. The van der Waals surface area contributed by atoms with E-state index in [1.54, 1.807) is 34.6 Å². The third-order valence-corrected chi connectivity index (χ3v) is 3.58. The predicted octanol–water partition coefficient (Wildman–Crippen LogP) is -1.07. The molecule has 0 aromatic rings. The maximum absolute atomic E-state index is 12.0. The Bertz CT molecular complexity index is 593. The Kier molecular flexibility index (Phi) is 7.37. The van der Waals surface area contributed by atoms with Crippen molar-refractivity contribution in [1.29, 1.82) is 0 Å². The van der Waals surface area contributed by atoms with Crippen LogP contribution in [0.3, 0.4) is 0 Å². The Hall–Kier alpha value is -1.68. The zero-order chi connectivity index (χ0) is 19.3. The van der Waals surface area contributed by atoms with Gasteiger partial charge < -0.3 is 15.5 Å². The molecule has 0 saturated heterocycles. The fraction of sp³-hybridized carbons (Fsp3) is 0.786. The minimum Gasteiger partial charge on any atom is -0.350 e. The molecule has 9 nitrogen and oxygen atoms in total. The maximum Gasteiger partial charge on any atom is 0.311 e. The standard InChI is InChI=1S/C14H28N4O5S/c1-13(2,3)17-11(20)12(21)18(6)8-7-14(4,5)16-10(19)9-24(15,22)23/h7-9H2,1-6H3,(H,16,19)(H,17,20)(H2,15,22,23). The molecule has 0 aliphatic rings. The fourth-order valence-electron chi connectivity index (χ4n) is 1.77. The van der Waals surface area contributed by atoms with E-state index in [1.807, 2.05) is 0 Å². The van der Waals surface area contributed by atoms with Crippen molar-refractivity contribution in [2.75, 3.05) is 19.3 Å². The lowest BCUT2D eigenvalue weighted by Crippen LogP contribution is -2.51. The van der Waals surface area contributed by atoms with Crippen LogP contribution < -0.4 is 15.8 Å². The summed E-state index contributed by atoms with van der Waals surface area (Å²) in [5.74, 6) is -2.92. The number of hydrogen-bond acceptors (Lipinski definition) is 5. The normalized spacial score (nSPS) is 12.5. The highest BCUT2D eigenvalue weighted by Gasteiger charge is 2.27. The van der Waals surface area contributed by atoms with E-state index in [0.29, 0.717) is 6.42 Å². The van der Waals surface area contributed by atoms with Crippen LogP contribution in [0.15, 0.2) is 0 Å². The van der Waals surface area contributed by atoms with Crippen molar-refractivity contribution in [1.82, 2.24) is 15.5 Å². The van der Waals surface area contributed by atoms with E-state index in [2.05, 4.69) is 10.6 Å². The SMILES string of the molecule is CN(CCC(C)(C)NC(=O)CS(N)(=O)=O)C(=O)C(=O)NC(C)(C)C.